The molecule has 0 spiro atoms. The predicted molar refractivity (Wildman–Crippen MR) is 93.2 cm³/mol. The quantitative estimate of drug-likeness (QED) is 0.833. The van der Waals surface area contributed by atoms with Crippen LogP contribution in [0.1, 0.15) is 36.4 Å². The maximum atomic E-state index is 5.55. The molecule has 3 rings (SSSR count). The van der Waals surface area contributed by atoms with Crippen LogP contribution in [-0.2, 0) is 4.74 Å². The Morgan fingerprint density at radius 3 is 2.87 bits per heavy atom. The molecule has 0 saturated carbocycles. The van der Waals surface area contributed by atoms with Crippen molar-refractivity contribution in [1.29, 1.82) is 0 Å². The SMILES string of the molecule is COc1ccc(C2CCCN2CCN2CCCOCC2)cc1C. The Morgan fingerprint density at radius 2 is 2.04 bits per heavy atom. The second-order valence-corrected chi connectivity index (χ2v) is 6.73. The zero-order valence-electron chi connectivity index (χ0n) is 14.6. The molecular formula is C19H30N2O2. The molecule has 0 radical (unpaired) electrons. The van der Waals surface area contributed by atoms with Crippen LogP contribution in [0.4, 0.5) is 0 Å². The van der Waals surface area contributed by atoms with E-state index in [1.807, 2.05) is 0 Å². The lowest BCUT2D eigenvalue weighted by atomic mass is 10.0. The number of rotatable bonds is 5. The largest absolute Gasteiger partial charge is 0.496 e. The minimum atomic E-state index is 0.572. The number of aryl methyl sites for hydroxylation is 1. The molecule has 128 valence electrons. The molecule has 23 heavy (non-hydrogen) atoms. The van der Waals surface area contributed by atoms with Gasteiger partial charge in [-0.25, -0.2) is 0 Å². The molecular weight excluding hydrogens is 288 g/mol. The molecule has 1 aromatic carbocycles. The first-order valence-electron chi connectivity index (χ1n) is 8.96. The van der Waals surface area contributed by atoms with Crippen molar-refractivity contribution in [3.05, 3.63) is 29.3 Å². The highest BCUT2D eigenvalue weighted by molar-refractivity contribution is 5.37. The van der Waals surface area contributed by atoms with Gasteiger partial charge in [0.25, 0.3) is 0 Å². The number of likely N-dealkylation sites (tertiary alicyclic amines) is 1. The molecule has 4 nitrogen and oxygen atoms in total. The van der Waals surface area contributed by atoms with E-state index >= 15 is 0 Å². The molecule has 2 aliphatic heterocycles. The van der Waals surface area contributed by atoms with Crippen LogP contribution in [-0.4, -0.2) is 62.8 Å². The Hall–Kier alpha value is -1.10. The van der Waals surface area contributed by atoms with Gasteiger partial charge in [-0.15, -0.1) is 0 Å². The van der Waals surface area contributed by atoms with E-state index in [1.54, 1.807) is 7.11 Å². The van der Waals surface area contributed by atoms with Crippen molar-refractivity contribution in [2.24, 2.45) is 0 Å². The Kier molecular flexibility index (Phi) is 5.92. The molecule has 1 atom stereocenters. The minimum absolute atomic E-state index is 0.572. The van der Waals surface area contributed by atoms with Crippen molar-refractivity contribution in [3.8, 4) is 5.75 Å². The normalized spacial score (nSPS) is 23.8. The first-order valence-corrected chi connectivity index (χ1v) is 8.96. The van der Waals surface area contributed by atoms with Crippen LogP contribution in [0.25, 0.3) is 0 Å². The zero-order chi connectivity index (χ0) is 16.1. The van der Waals surface area contributed by atoms with E-state index in [4.69, 9.17) is 9.47 Å². The van der Waals surface area contributed by atoms with Crippen LogP contribution < -0.4 is 4.74 Å². The van der Waals surface area contributed by atoms with Gasteiger partial charge in [0.2, 0.25) is 0 Å². The summed E-state index contributed by atoms with van der Waals surface area (Å²) in [6.45, 7) is 9.76. The monoisotopic (exact) mass is 318 g/mol. The Labute approximate surface area is 140 Å². The van der Waals surface area contributed by atoms with Crippen LogP contribution in [0.5, 0.6) is 5.75 Å². The number of methoxy groups -OCH3 is 1. The summed E-state index contributed by atoms with van der Waals surface area (Å²) in [5.74, 6) is 0.989. The fourth-order valence-electron chi connectivity index (χ4n) is 3.87. The van der Waals surface area contributed by atoms with Crippen molar-refractivity contribution >= 4 is 0 Å². The molecule has 0 aromatic heterocycles. The van der Waals surface area contributed by atoms with E-state index in [0.717, 1.165) is 38.6 Å². The van der Waals surface area contributed by atoms with Gasteiger partial charge in [0.15, 0.2) is 0 Å². The highest BCUT2D eigenvalue weighted by atomic mass is 16.5. The third-order valence-corrected chi connectivity index (χ3v) is 5.19. The van der Waals surface area contributed by atoms with Crippen molar-refractivity contribution in [1.82, 2.24) is 9.80 Å². The van der Waals surface area contributed by atoms with E-state index in [1.165, 1.54) is 43.5 Å². The molecule has 0 aliphatic carbocycles. The van der Waals surface area contributed by atoms with Gasteiger partial charge < -0.3 is 9.47 Å². The van der Waals surface area contributed by atoms with Gasteiger partial charge in [-0.05, 0) is 49.9 Å². The first kappa shape index (κ1) is 16.7. The lowest BCUT2D eigenvalue weighted by molar-refractivity contribution is 0.137. The Morgan fingerprint density at radius 1 is 1.13 bits per heavy atom. The zero-order valence-corrected chi connectivity index (χ0v) is 14.6. The van der Waals surface area contributed by atoms with E-state index in [9.17, 15) is 0 Å². The number of hydrogen-bond donors (Lipinski definition) is 0. The van der Waals surface area contributed by atoms with Gasteiger partial charge in [0.05, 0.1) is 13.7 Å². The smallest absolute Gasteiger partial charge is 0.121 e. The van der Waals surface area contributed by atoms with Crippen LogP contribution in [0.2, 0.25) is 0 Å². The molecule has 0 N–H and O–H groups in total. The van der Waals surface area contributed by atoms with Gasteiger partial charge in [-0.3, -0.25) is 9.80 Å². The van der Waals surface area contributed by atoms with Gasteiger partial charge in [-0.1, -0.05) is 12.1 Å². The summed E-state index contributed by atoms with van der Waals surface area (Å²) in [5.41, 5.74) is 2.68. The standard InChI is InChI=1S/C19H30N2O2/c1-16-15-17(6-7-19(16)22-2)18-5-3-9-21(18)11-10-20-8-4-13-23-14-12-20/h6-7,15,18H,3-5,8-14H2,1-2H3. The number of benzene rings is 1. The highest BCUT2D eigenvalue weighted by Gasteiger charge is 2.26. The summed E-state index contributed by atoms with van der Waals surface area (Å²) in [5, 5.41) is 0. The summed E-state index contributed by atoms with van der Waals surface area (Å²) in [4.78, 5) is 5.22. The fraction of sp³-hybridized carbons (Fsp3) is 0.684. The van der Waals surface area contributed by atoms with E-state index in [-0.39, 0.29) is 0 Å². The van der Waals surface area contributed by atoms with Gasteiger partial charge >= 0.3 is 0 Å². The molecule has 1 unspecified atom stereocenters. The number of ether oxygens (including phenoxy) is 2. The van der Waals surface area contributed by atoms with Crippen LogP contribution in [0.15, 0.2) is 18.2 Å². The Bertz CT molecular complexity index is 498. The molecule has 1 aromatic rings. The van der Waals surface area contributed by atoms with Gasteiger partial charge in [0, 0.05) is 38.8 Å². The molecule has 0 amide bonds. The maximum absolute atomic E-state index is 5.55. The molecule has 2 aliphatic rings. The lowest BCUT2D eigenvalue weighted by Crippen LogP contribution is -2.36. The van der Waals surface area contributed by atoms with Crippen molar-refractivity contribution in [3.63, 3.8) is 0 Å². The molecule has 0 bridgehead atoms. The predicted octanol–water partition coefficient (Wildman–Crippen LogP) is 2.86. The first-order chi connectivity index (χ1) is 11.3. The average molecular weight is 318 g/mol. The molecule has 2 heterocycles. The summed E-state index contributed by atoms with van der Waals surface area (Å²) in [6, 6.07) is 7.24. The second kappa shape index (κ2) is 8.13. The molecule has 4 heteroatoms. The highest BCUT2D eigenvalue weighted by Crippen LogP contribution is 2.33. The lowest BCUT2D eigenvalue weighted by Gasteiger charge is -2.28. The fourth-order valence-corrected chi connectivity index (χ4v) is 3.87. The van der Waals surface area contributed by atoms with E-state index in [2.05, 4.69) is 34.9 Å². The van der Waals surface area contributed by atoms with Crippen LogP contribution in [0.3, 0.4) is 0 Å². The summed E-state index contributed by atoms with van der Waals surface area (Å²) < 4.78 is 11.0. The second-order valence-electron chi connectivity index (χ2n) is 6.73. The molecule has 2 fully saturated rings. The van der Waals surface area contributed by atoms with Crippen molar-refractivity contribution < 1.29 is 9.47 Å². The van der Waals surface area contributed by atoms with Gasteiger partial charge in [0.1, 0.15) is 5.75 Å². The third-order valence-electron chi connectivity index (χ3n) is 5.19. The summed E-state index contributed by atoms with van der Waals surface area (Å²) in [6.07, 6.45) is 3.74. The summed E-state index contributed by atoms with van der Waals surface area (Å²) in [7, 11) is 1.74. The summed E-state index contributed by atoms with van der Waals surface area (Å²) >= 11 is 0. The van der Waals surface area contributed by atoms with Crippen molar-refractivity contribution in [2.45, 2.75) is 32.2 Å². The van der Waals surface area contributed by atoms with Crippen molar-refractivity contribution in [2.75, 3.05) is 53.0 Å². The number of nitrogens with zero attached hydrogens (tertiary/aromatic N) is 2. The third kappa shape index (κ3) is 4.25. The minimum Gasteiger partial charge on any atom is -0.496 e. The van der Waals surface area contributed by atoms with Gasteiger partial charge in [-0.2, -0.15) is 0 Å². The Balaban J connectivity index is 1.59. The van der Waals surface area contributed by atoms with E-state index < -0.39 is 0 Å². The van der Waals surface area contributed by atoms with Crippen LogP contribution >= 0.6 is 0 Å². The maximum Gasteiger partial charge on any atom is 0.121 e. The van der Waals surface area contributed by atoms with Crippen LogP contribution in [0, 0.1) is 6.92 Å². The topological polar surface area (TPSA) is 24.9 Å². The molecule has 2 saturated heterocycles. The average Bonchev–Trinajstić information content (AvgIpc) is 2.88. The number of hydrogen-bond acceptors (Lipinski definition) is 4. The van der Waals surface area contributed by atoms with E-state index in [0.29, 0.717) is 6.04 Å².